The smallest absolute Gasteiger partial charge is 0.337 e. The normalized spacial score (nSPS) is 10.0. The van der Waals surface area contributed by atoms with Crippen molar-refractivity contribution in [2.45, 2.75) is 0 Å². The van der Waals surface area contributed by atoms with Crippen molar-refractivity contribution in [2.75, 3.05) is 10.6 Å². The summed E-state index contributed by atoms with van der Waals surface area (Å²) in [5.41, 5.74) is 0.416. The van der Waals surface area contributed by atoms with E-state index in [1.165, 1.54) is 18.2 Å². The number of carboxylic acids is 1. The van der Waals surface area contributed by atoms with Crippen molar-refractivity contribution >= 4 is 46.6 Å². The van der Waals surface area contributed by atoms with Crippen LogP contribution >= 0.6 is 23.2 Å². The van der Waals surface area contributed by atoms with Gasteiger partial charge in [0.2, 0.25) is 0 Å². The van der Waals surface area contributed by atoms with Crippen molar-refractivity contribution in [2.24, 2.45) is 0 Å². The maximum Gasteiger partial charge on any atom is 0.337 e. The van der Waals surface area contributed by atoms with Crippen molar-refractivity contribution in [3.05, 3.63) is 58.1 Å². The fraction of sp³-hybridized carbons (Fsp3) is 0. The Labute approximate surface area is 130 Å². The minimum Gasteiger partial charge on any atom is -0.478 e. The number of carbonyl (C=O) groups excluding carboxylic acids is 1. The Morgan fingerprint density at radius 2 is 1.71 bits per heavy atom. The van der Waals surface area contributed by atoms with Gasteiger partial charge in [0.1, 0.15) is 0 Å². The first-order valence-electron chi connectivity index (χ1n) is 5.83. The van der Waals surface area contributed by atoms with Crippen LogP contribution < -0.4 is 10.6 Å². The van der Waals surface area contributed by atoms with E-state index in [4.69, 9.17) is 28.3 Å². The van der Waals surface area contributed by atoms with E-state index < -0.39 is 12.0 Å². The summed E-state index contributed by atoms with van der Waals surface area (Å²) in [6, 6.07) is 10.3. The molecule has 0 aliphatic rings. The topological polar surface area (TPSA) is 78.4 Å². The van der Waals surface area contributed by atoms with Crippen LogP contribution in [0, 0.1) is 0 Å². The number of anilines is 2. The van der Waals surface area contributed by atoms with Gasteiger partial charge in [-0.15, -0.1) is 0 Å². The summed E-state index contributed by atoms with van der Waals surface area (Å²) in [4.78, 5) is 23.0. The standard InChI is InChI=1S/C14H10Cl2N2O3/c15-8-3-1-4-9(7-8)17-14(21)18-12-10(13(19)20)5-2-6-11(12)16/h1-7H,(H,19,20)(H2,17,18,21). The van der Waals surface area contributed by atoms with Gasteiger partial charge in [-0.05, 0) is 30.3 Å². The zero-order valence-corrected chi connectivity index (χ0v) is 12.1. The van der Waals surface area contributed by atoms with E-state index in [1.54, 1.807) is 24.3 Å². The monoisotopic (exact) mass is 324 g/mol. The number of aromatic carboxylic acids is 1. The molecule has 0 aromatic heterocycles. The molecule has 21 heavy (non-hydrogen) atoms. The van der Waals surface area contributed by atoms with Crippen molar-refractivity contribution in [3.63, 3.8) is 0 Å². The molecule has 0 fully saturated rings. The summed E-state index contributed by atoms with van der Waals surface area (Å²) in [5.74, 6) is -1.18. The third-order valence-corrected chi connectivity index (χ3v) is 3.12. The average Bonchev–Trinajstić information content (AvgIpc) is 2.40. The highest BCUT2D eigenvalue weighted by molar-refractivity contribution is 6.34. The maximum absolute atomic E-state index is 11.9. The lowest BCUT2D eigenvalue weighted by atomic mass is 10.2. The number of carboxylic acid groups (broad SMARTS) is 1. The van der Waals surface area contributed by atoms with E-state index in [-0.39, 0.29) is 16.3 Å². The molecule has 0 atom stereocenters. The minimum absolute atomic E-state index is 0.0335. The fourth-order valence-corrected chi connectivity index (χ4v) is 2.08. The highest BCUT2D eigenvalue weighted by Gasteiger charge is 2.15. The number of rotatable bonds is 3. The van der Waals surface area contributed by atoms with E-state index in [1.807, 2.05) is 0 Å². The number of urea groups is 1. The molecule has 0 radical (unpaired) electrons. The largest absolute Gasteiger partial charge is 0.478 e. The van der Waals surface area contributed by atoms with Gasteiger partial charge in [0, 0.05) is 10.7 Å². The highest BCUT2D eigenvalue weighted by Crippen LogP contribution is 2.26. The zero-order chi connectivity index (χ0) is 15.4. The van der Waals surface area contributed by atoms with Gasteiger partial charge < -0.3 is 15.7 Å². The Bertz CT molecular complexity index is 704. The van der Waals surface area contributed by atoms with Gasteiger partial charge in [-0.2, -0.15) is 0 Å². The summed E-state index contributed by atoms with van der Waals surface area (Å²) in [5, 5.41) is 14.6. The van der Waals surface area contributed by atoms with Crippen LogP contribution in [0.3, 0.4) is 0 Å². The van der Waals surface area contributed by atoms with Crippen molar-refractivity contribution in [3.8, 4) is 0 Å². The molecular formula is C14H10Cl2N2O3. The number of halogens is 2. The van der Waals surface area contributed by atoms with E-state index in [0.717, 1.165) is 0 Å². The second-order valence-electron chi connectivity index (χ2n) is 4.06. The SMILES string of the molecule is O=C(Nc1cccc(Cl)c1)Nc1c(Cl)cccc1C(=O)O. The van der Waals surface area contributed by atoms with E-state index in [0.29, 0.717) is 10.7 Å². The third-order valence-electron chi connectivity index (χ3n) is 2.57. The third kappa shape index (κ3) is 3.87. The summed E-state index contributed by atoms with van der Waals surface area (Å²) in [6.07, 6.45) is 0. The first-order chi connectivity index (χ1) is 9.97. The van der Waals surface area contributed by atoms with Gasteiger partial charge in [0.25, 0.3) is 0 Å². The Morgan fingerprint density at radius 3 is 2.38 bits per heavy atom. The number of hydrogen-bond acceptors (Lipinski definition) is 2. The van der Waals surface area contributed by atoms with E-state index >= 15 is 0 Å². The Balaban J connectivity index is 2.18. The number of carbonyl (C=O) groups is 2. The molecule has 0 aliphatic carbocycles. The number of para-hydroxylation sites is 1. The molecule has 3 N–H and O–H groups in total. The Kier molecular flexibility index (Phi) is 4.67. The number of nitrogens with one attached hydrogen (secondary N) is 2. The molecule has 7 heteroatoms. The summed E-state index contributed by atoms with van der Waals surface area (Å²) < 4.78 is 0. The Morgan fingerprint density at radius 1 is 1.00 bits per heavy atom. The molecule has 2 aromatic carbocycles. The zero-order valence-electron chi connectivity index (χ0n) is 10.6. The van der Waals surface area contributed by atoms with Gasteiger partial charge >= 0.3 is 12.0 Å². The van der Waals surface area contributed by atoms with Crippen LogP contribution in [0.15, 0.2) is 42.5 Å². The van der Waals surface area contributed by atoms with Crippen LogP contribution in [0.1, 0.15) is 10.4 Å². The number of amides is 2. The highest BCUT2D eigenvalue weighted by atomic mass is 35.5. The molecule has 2 amide bonds. The number of hydrogen-bond donors (Lipinski definition) is 3. The van der Waals surface area contributed by atoms with Crippen LogP contribution in [0.5, 0.6) is 0 Å². The summed E-state index contributed by atoms with van der Waals surface area (Å²) in [7, 11) is 0. The summed E-state index contributed by atoms with van der Waals surface area (Å²) in [6.45, 7) is 0. The molecular weight excluding hydrogens is 315 g/mol. The van der Waals surface area contributed by atoms with E-state index in [9.17, 15) is 9.59 Å². The predicted octanol–water partition coefficient (Wildman–Crippen LogP) is 4.34. The molecule has 2 rings (SSSR count). The van der Waals surface area contributed by atoms with Crippen LogP contribution in [-0.2, 0) is 0 Å². The second-order valence-corrected chi connectivity index (χ2v) is 4.90. The molecule has 0 unspecified atom stereocenters. The molecule has 5 nitrogen and oxygen atoms in total. The van der Waals surface area contributed by atoms with E-state index in [2.05, 4.69) is 10.6 Å². The molecule has 108 valence electrons. The second kappa shape index (κ2) is 6.47. The van der Waals surface area contributed by atoms with Crippen molar-refractivity contribution in [1.82, 2.24) is 0 Å². The summed E-state index contributed by atoms with van der Waals surface area (Å²) >= 11 is 11.7. The van der Waals surface area contributed by atoms with Crippen LogP contribution in [0.25, 0.3) is 0 Å². The van der Waals surface area contributed by atoms with Gasteiger partial charge in [-0.1, -0.05) is 35.3 Å². The van der Waals surface area contributed by atoms with Crippen LogP contribution in [0.4, 0.5) is 16.2 Å². The quantitative estimate of drug-likeness (QED) is 0.785. The van der Waals surface area contributed by atoms with Crippen LogP contribution in [0.2, 0.25) is 10.0 Å². The van der Waals surface area contributed by atoms with Crippen molar-refractivity contribution in [1.29, 1.82) is 0 Å². The van der Waals surface area contributed by atoms with Crippen LogP contribution in [-0.4, -0.2) is 17.1 Å². The predicted molar refractivity (Wildman–Crippen MR) is 82.5 cm³/mol. The molecule has 0 bridgehead atoms. The first-order valence-corrected chi connectivity index (χ1v) is 6.58. The molecule has 0 aliphatic heterocycles. The lowest BCUT2D eigenvalue weighted by Gasteiger charge is -2.11. The average molecular weight is 325 g/mol. The first kappa shape index (κ1) is 15.2. The Hall–Kier alpha value is -2.24. The fourth-order valence-electron chi connectivity index (χ4n) is 1.67. The number of benzene rings is 2. The molecule has 0 spiro atoms. The lowest BCUT2D eigenvalue weighted by Crippen LogP contribution is -2.21. The molecule has 0 heterocycles. The van der Waals surface area contributed by atoms with Gasteiger partial charge in [-0.25, -0.2) is 9.59 Å². The van der Waals surface area contributed by atoms with Gasteiger partial charge in [0.05, 0.1) is 16.3 Å². The van der Waals surface area contributed by atoms with Gasteiger partial charge in [0.15, 0.2) is 0 Å². The molecule has 2 aromatic rings. The van der Waals surface area contributed by atoms with Crippen molar-refractivity contribution < 1.29 is 14.7 Å². The molecule has 0 saturated heterocycles. The van der Waals surface area contributed by atoms with Gasteiger partial charge in [-0.3, -0.25) is 0 Å². The lowest BCUT2D eigenvalue weighted by molar-refractivity contribution is 0.0698. The minimum atomic E-state index is -1.18. The maximum atomic E-state index is 11.9. The molecule has 0 saturated carbocycles.